The third kappa shape index (κ3) is 6.84. The molecular weight excluding hydrogens is 534 g/mol. The molecule has 1 fully saturated rings. The minimum absolute atomic E-state index is 0. The van der Waals surface area contributed by atoms with Crippen LogP contribution in [0.4, 0.5) is 13.2 Å². The molecule has 0 radical (unpaired) electrons. The van der Waals surface area contributed by atoms with Gasteiger partial charge in [0, 0.05) is 18.3 Å². The van der Waals surface area contributed by atoms with Crippen LogP contribution in [-0.2, 0) is 12.7 Å². The summed E-state index contributed by atoms with van der Waals surface area (Å²) in [6, 6.07) is 6.22. The first-order chi connectivity index (χ1) is 14.7. The Kier molecular flexibility index (Phi) is 9.38. The maximum Gasteiger partial charge on any atom is 0.416 e. The predicted octanol–water partition coefficient (Wildman–Crippen LogP) is 4.48. The molecule has 178 valence electrons. The molecule has 1 saturated carbocycles. The standard InChI is InChI=1S/C22H30F3N5O.HI/c1-4-26-21(28-17-6-9-19(31)10-7-17)27-13-16-5-8-18(12-20(16)22(23,24)25)30-15(3)11-14(2)29-30;/h5,8,11-12,17,19,31H,4,6-7,9-10,13H2,1-3H3,(H2,26,27,28);1H. The minimum Gasteiger partial charge on any atom is -0.393 e. The number of nitrogens with one attached hydrogen (secondary N) is 2. The molecule has 0 aliphatic heterocycles. The Labute approximate surface area is 203 Å². The van der Waals surface area contributed by atoms with Crippen LogP contribution in [0.15, 0.2) is 29.3 Å². The zero-order chi connectivity index (χ0) is 22.6. The molecule has 0 saturated heterocycles. The van der Waals surface area contributed by atoms with Crippen LogP contribution in [0, 0.1) is 13.8 Å². The number of aliphatic imine (C=N–C) groups is 1. The average molecular weight is 565 g/mol. The number of aliphatic hydroxyl groups is 1. The summed E-state index contributed by atoms with van der Waals surface area (Å²) >= 11 is 0. The average Bonchev–Trinajstić information content (AvgIpc) is 3.05. The summed E-state index contributed by atoms with van der Waals surface area (Å²) in [4.78, 5) is 4.40. The van der Waals surface area contributed by atoms with Crippen molar-refractivity contribution in [3.8, 4) is 5.69 Å². The number of alkyl halides is 3. The number of rotatable bonds is 5. The molecule has 1 aromatic carbocycles. The van der Waals surface area contributed by atoms with Crippen molar-refractivity contribution in [2.24, 2.45) is 4.99 Å². The van der Waals surface area contributed by atoms with Gasteiger partial charge in [-0.05, 0) is 70.2 Å². The molecule has 2 aromatic rings. The lowest BCUT2D eigenvalue weighted by atomic mass is 9.93. The highest BCUT2D eigenvalue weighted by atomic mass is 127. The SMILES string of the molecule is CCNC(=NCc1ccc(-n2nc(C)cc2C)cc1C(F)(F)F)NC1CCC(O)CC1.I. The number of nitrogens with zero attached hydrogens (tertiary/aromatic N) is 3. The molecule has 0 unspecified atom stereocenters. The summed E-state index contributed by atoms with van der Waals surface area (Å²) in [6.45, 7) is 6.02. The molecule has 1 aliphatic carbocycles. The van der Waals surface area contributed by atoms with Gasteiger partial charge in [0.25, 0.3) is 0 Å². The van der Waals surface area contributed by atoms with Gasteiger partial charge in [0.2, 0.25) is 0 Å². The number of aryl methyl sites for hydroxylation is 2. The summed E-state index contributed by atoms with van der Waals surface area (Å²) in [5.74, 6) is 0.486. The predicted molar refractivity (Wildman–Crippen MR) is 130 cm³/mol. The second kappa shape index (κ2) is 11.4. The Balaban J connectivity index is 0.00000363. The lowest BCUT2D eigenvalue weighted by molar-refractivity contribution is -0.138. The molecule has 32 heavy (non-hydrogen) atoms. The molecule has 1 aliphatic rings. The number of benzene rings is 1. The van der Waals surface area contributed by atoms with Gasteiger partial charge in [-0.2, -0.15) is 18.3 Å². The maximum absolute atomic E-state index is 13.8. The first-order valence-corrected chi connectivity index (χ1v) is 10.6. The van der Waals surface area contributed by atoms with Gasteiger partial charge in [-0.25, -0.2) is 9.67 Å². The van der Waals surface area contributed by atoms with Crippen molar-refractivity contribution in [2.45, 2.75) is 71.3 Å². The van der Waals surface area contributed by atoms with Crippen LogP contribution in [0.1, 0.15) is 55.1 Å². The highest BCUT2D eigenvalue weighted by molar-refractivity contribution is 14.0. The van der Waals surface area contributed by atoms with E-state index in [4.69, 9.17) is 0 Å². The summed E-state index contributed by atoms with van der Waals surface area (Å²) in [7, 11) is 0. The van der Waals surface area contributed by atoms with Gasteiger partial charge in [0.15, 0.2) is 5.96 Å². The highest BCUT2D eigenvalue weighted by Gasteiger charge is 2.34. The second-order valence-electron chi connectivity index (χ2n) is 8.02. The van der Waals surface area contributed by atoms with Crippen LogP contribution in [-0.4, -0.2) is 39.5 Å². The lowest BCUT2D eigenvalue weighted by Crippen LogP contribution is -2.45. The molecule has 0 spiro atoms. The molecule has 10 heteroatoms. The number of aromatic nitrogens is 2. The quantitative estimate of drug-likeness (QED) is 0.284. The highest BCUT2D eigenvalue weighted by Crippen LogP contribution is 2.34. The molecule has 0 atom stereocenters. The van der Waals surface area contributed by atoms with E-state index in [0.717, 1.165) is 30.3 Å². The number of halogens is 4. The third-order valence-corrected chi connectivity index (χ3v) is 5.44. The van der Waals surface area contributed by atoms with Crippen molar-refractivity contribution in [1.29, 1.82) is 0 Å². The monoisotopic (exact) mass is 565 g/mol. The van der Waals surface area contributed by atoms with E-state index in [2.05, 4.69) is 20.7 Å². The Hall–Kier alpha value is -1.82. The van der Waals surface area contributed by atoms with E-state index in [1.807, 2.05) is 19.9 Å². The van der Waals surface area contributed by atoms with E-state index in [-0.39, 0.29) is 48.2 Å². The van der Waals surface area contributed by atoms with Gasteiger partial charge in [-0.3, -0.25) is 0 Å². The smallest absolute Gasteiger partial charge is 0.393 e. The van der Waals surface area contributed by atoms with E-state index < -0.39 is 11.7 Å². The first-order valence-electron chi connectivity index (χ1n) is 10.6. The van der Waals surface area contributed by atoms with Crippen molar-refractivity contribution >= 4 is 29.9 Å². The van der Waals surface area contributed by atoms with Crippen molar-refractivity contribution in [1.82, 2.24) is 20.4 Å². The lowest BCUT2D eigenvalue weighted by Gasteiger charge is -2.27. The maximum atomic E-state index is 13.8. The normalized spacial score (nSPS) is 19.4. The fourth-order valence-corrected chi connectivity index (χ4v) is 3.89. The number of guanidine groups is 1. The summed E-state index contributed by atoms with van der Waals surface area (Å²) in [5.41, 5.74) is 1.28. The van der Waals surface area contributed by atoms with Crippen molar-refractivity contribution in [3.05, 3.63) is 46.8 Å². The van der Waals surface area contributed by atoms with E-state index in [9.17, 15) is 18.3 Å². The zero-order valence-electron chi connectivity index (χ0n) is 18.5. The second-order valence-corrected chi connectivity index (χ2v) is 8.02. The Bertz CT molecular complexity index is 921. The van der Waals surface area contributed by atoms with Gasteiger partial charge in [0.1, 0.15) is 0 Å². The molecule has 0 amide bonds. The van der Waals surface area contributed by atoms with E-state index in [0.29, 0.717) is 31.0 Å². The van der Waals surface area contributed by atoms with Crippen LogP contribution in [0.2, 0.25) is 0 Å². The van der Waals surface area contributed by atoms with Gasteiger partial charge in [-0.1, -0.05) is 6.07 Å². The fourth-order valence-electron chi connectivity index (χ4n) is 3.89. The molecule has 1 heterocycles. The molecule has 1 aromatic heterocycles. The minimum atomic E-state index is -4.50. The van der Waals surface area contributed by atoms with Crippen LogP contribution in [0.5, 0.6) is 0 Å². The Morgan fingerprint density at radius 2 is 1.88 bits per heavy atom. The first kappa shape index (κ1) is 26.4. The summed E-state index contributed by atoms with van der Waals surface area (Å²) < 4.78 is 42.9. The van der Waals surface area contributed by atoms with Gasteiger partial charge >= 0.3 is 6.18 Å². The van der Waals surface area contributed by atoms with Gasteiger partial charge in [0.05, 0.1) is 29.6 Å². The van der Waals surface area contributed by atoms with Gasteiger partial charge < -0.3 is 15.7 Å². The van der Waals surface area contributed by atoms with Crippen molar-refractivity contribution < 1.29 is 18.3 Å². The van der Waals surface area contributed by atoms with E-state index in [1.54, 1.807) is 13.0 Å². The fraction of sp³-hybridized carbons (Fsp3) is 0.545. The van der Waals surface area contributed by atoms with E-state index in [1.165, 1.54) is 10.7 Å². The Morgan fingerprint density at radius 1 is 1.19 bits per heavy atom. The topological polar surface area (TPSA) is 74.5 Å². The van der Waals surface area contributed by atoms with Crippen LogP contribution >= 0.6 is 24.0 Å². The largest absolute Gasteiger partial charge is 0.416 e. The zero-order valence-corrected chi connectivity index (χ0v) is 20.9. The Morgan fingerprint density at radius 3 is 2.44 bits per heavy atom. The van der Waals surface area contributed by atoms with E-state index >= 15 is 0 Å². The van der Waals surface area contributed by atoms with Crippen LogP contribution < -0.4 is 10.6 Å². The molecule has 0 bridgehead atoms. The third-order valence-electron chi connectivity index (χ3n) is 5.44. The number of aliphatic hydroxyl groups excluding tert-OH is 1. The summed E-state index contributed by atoms with van der Waals surface area (Å²) in [6.07, 6.45) is -1.74. The van der Waals surface area contributed by atoms with Crippen LogP contribution in [0.25, 0.3) is 5.69 Å². The number of hydrogen-bond donors (Lipinski definition) is 3. The number of hydrogen-bond acceptors (Lipinski definition) is 3. The molecule has 3 N–H and O–H groups in total. The molecule has 3 rings (SSSR count). The molecular formula is C22H31F3IN5O. The van der Waals surface area contributed by atoms with Crippen molar-refractivity contribution in [2.75, 3.05) is 6.54 Å². The van der Waals surface area contributed by atoms with Gasteiger partial charge in [-0.15, -0.1) is 24.0 Å². The van der Waals surface area contributed by atoms with Crippen LogP contribution in [0.3, 0.4) is 0 Å². The summed E-state index contributed by atoms with van der Waals surface area (Å²) in [5, 5.41) is 20.3. The van der Waals surface area contributed by atoms with Crippen molar-refractivity contribution in [3.63, 3.8) is 0 Å². The molecule has 6 nitrogen and oxygen atoms in total.